The second-order valence-electron chi connectivity index (χ2n) is 8.24. The molecule has 1 aliphatic rings. The maximum absolute atomic E-state index is 13.2. The normalized spacial score (nSPS) is 22.8. The summed E-state index contributed by atoms with van der Waals surface area (Å²) in [5.41, 5.74) is -2.57. The van der Waals surface area contributed by atoms with Gasteiger partial charge in [-0.05, 0) is 56.0 Å². The summed E-state index contributed by atoms with van der Waals surface area (Å²) < 4.78 is 91.0. The lowest BCUT2D eigenvalue weighted by atomic mass is 9.82. The van der Waals surface area contributed by atoms with Crippen LogP contribution < -0.4 is 5.32 Å². The summed E-state index contributed by atoms with van der Waals surface area (Å²) in [7, 11) is 0. The Labute approximate surface area is 189 Å². The Kier molecular flexibility index (Phi) is 7.76. The first-order valence-corrected chi connectivity index (χ1v) is 10.8. The number of nitrogens with one attached hydrogen (secondary N) is 1. The number of halogens is 6. The fourth-order valence-electron chi connectivity index (χ4n) is 4.07. The van der Waals surface area contributed by atoms with E-state index in [2.05, 4.69) is 5.32 Å². The lowest BCUT2D eigenvalue weighted by molar-refractivity contribution is -0.143. The predicted octanol–water partition coefficient (Wildman–Crippen LogP) is 6.49. The molecular formula is C24H27F6NO2. The van der Waals surface area contributed by atoms with Crippen LogP contribution >= 0.6 is 0 Å². The fraction of sp³-hybridized carbons (Fsp3) is 0.500. The Balaban J connectivity index is 1.84. The Hall–Kier alpha value is -2.10. The minimum atomic E-state index is -4.90. The molecule has 0 aliphatic carbocycles. The first-order chi connectivity index (χ1) is 15.4. The van der Waals surface area contributed by atoms with E-state index in [0.29, 0.717) is 31.7 Å². The molecule has 0 radical (unpaired) electrons. The van der Waals surface area contributed by atoms with E-state index in [-0.39, 0.29) is 24.3 Å². The highest BCUT2D eigenvalue weighted by Gasteiger charge is 2.39. The van der Waals surface area contributed by atoms with E-state index >= 15 is 0 Å². The Bertz CT molecular complexity index is 873. The maximum Gasteiger partial charge on any atom is 0.416 e. The summed E-state index contributed by atoms with van der Waals surface area (Å²) in [4.78, 5) is 0. The van der Waals surface area contributed by atoms with Gasteiger partial charge in [-0.1, -0.05) is 30.3 Å². The molecule has 0 saturated carbocycles. The van der Waals surface area contributed by atoms with Crippen molar-refractivity contribution >= 4 is 0 Å². The molecule has 0 bridgehead atoms. The summed E-state index contributed by atoms with van der Waals surface area (Å²) in [6.07, 6.45) is -9.37. The van der Waals surface area contributed by atoms with Crippen LogP contribution in [0.1, 0.15) is 55.0 Å². The summed E-state index contributed by atoms with van der Waals surface area (Å²) in [5.74, 6) is 0. The zero-order chi connectivity index (χ0) is 24.3. The molecule has 33 heavy (non-hydrogen) atoms. The van der Waals surface area contributed by atoms with Crippen LogP contribution in [0.2, 0.25) is 0 Å². The van der Waals surface area contributed by atoms with Crippen molar-refractivity contribution in [2.45, 2.75) is 56.8 Å². The van der Waals surface area contributed by atoms with E-state index in [1.165, 1.54) is 6.92 Å². The van der Waals surface area contributed by atoms with Gasteiger partial charge in [-0.25, -0.2) is 0 Å². The molecular weight excluding hydrogens is 448 g/mol. The standard InChI is InChI=1S/C24H27F6NO2/c1-3-32-21-9-10-22(31-14-21,18-7-5-4-6-8-18)15-33-16(2)17-11-19(23(25,26)27)13-20(12-17)24(28,29)30/h4-8,11-13,16,21,31H,3,9-10,14-15H2,1-2H3. The van der Waals surface area contributed by atoms with Crippen LogP contribution in [0.3, 0.4) is 0 Å². The third-order valence-corrected chi connectivity index (χ3v) is 5.95. The van der Waals surface area contributed by atoms with Crippen molar-refractivity contribution in [3.8, 4) is 0 Å². The van der Waals surface area contributed by atoms with Crippen LogP contribution in [0.15, 0.2) is 48.5 Å². The van der Waals surface area contributed by atoms with Gasteiger partial charge < -0.3 is 14.8 Å². The monoisotopic (exact) mass is 475 g/mol. The topological polar surface area (TPSA) is 30.5 Å². The van der Waals surface area contributed by atoms with Gasteiger partial charge in [0.1, 0.15) is 0 Å². The molecule has 3 unspecified atom stereocenters. The van der Waals surface area contributed by atoms with Crippen molar-refractivity contribution in [3.05, 3.63) is 70.8 Å². The highest BCUT2D eigenvalue weighted by molar-refractivity contribution is 5.35. The first kappa shape index (κ1) is 25.5. The maximum atomic E-state index is 13.2. The predicted molar refractivity (Wildman–Crippen MR) is 112 cm³/mol. The highest BCUT2D eigenvalue weighted by Crippen LogP contribution is 2.39. The molecule has 0 aromatic heterocycles. The minimum Gasteiger partial charge on any atom is -0.377 e. The molecule has 9 heteroatoms. The van der Waals surface area contributed by atoms with Crippen LogP contribution in [0, 0.1) is 0 Å². The van der Waals surface area contributed by atoms with Crippen molar-refractivity contribution in [2.24, 2.45) is 0 Å². The molecule has 1 N–H and O–H groups in total. The van der Waals surface area contributed by atoms with Gasteiger partial charge in [0.05, 0.1) is 35.5 Å². The van der Waals surface area contributed by atoms with Gasteiger partial charge in [0.25, 0.3) is 0 Å². The van der Waals surface area contributed by atoms with Gasteiger partial charge in [0.2, 0.25) is 0 Å². The van der Waals surface area contributed by atoms with Gasteiger partial charge in [-0.3, -0.25) is 0 Å². The van der Waals surface area contributed by atoms with E-state index in [9.17, 15) is 26.3 Å². The second-order valence-corrected chi connectivity index (χ2v) is 8.24. The third kappa shape index (κ3) is 6.28. The van der Waals surface area contributed by atoms with Crippen LogP contribution in [0.5, 0.6) is 0 Å². The van der Waals surface area contributed by atoms with Gasteiger partial charge in [-0.2, -0.15) is 26.3 Å². The molecule has 0 amide bonds. The summed E-state index contributed by atoms with van der Waals surface area (Å²) in [5, 5.41) is 3.45. The van der Waals surface area contributed by atoms with Gasteiger partial charge in [0, 0.05) is 13.2 Å². The number of hydrogen-bond donors (Lipinski definition) is 1. The SMILES string of the molecule is CCOC1CCC(COC(C)c2cc(C(F)(F)F)cc(C(F)(F)F)c2)(c2ccccc2)NC1. The molecule has 182 valence electrons. The zero-order valence-electron chi connectivity index (χ0n) is 18.4. The number of alkyl halides is 6. The lowest BCUT2D eigenvalue weighted by Crippen LogP contribution is -2.53. The van der Waals surface area contributed by atoms with Crippen molar-refractivity contribution in [2.75, 3.05) is 19.8 Å². The van der Waals surface area contributed by atoms with Crippen molar-refractivity contribution in [1.82, 2.24) is 5.32 Å². The number of hydrogen-bond acceptors (Lipinski definition) is 3. The molecule has 2 aromatic rings. The molecule has 3 nitrogen and oxygen atoms in total. The number of benzene rings is 2. The van der Waals surface area contributed by atoms with Gasteiger partial charge in [0.15, 0.2) is 0 Å². The average Bonchev–Trinajstić information content (AvgIpc) is 2.78. The number of ether oxygens (including phenoxy) is 2. The number of rotatable bonds is 7. The van der Waals surface area contributed by atoms with Crippen molar-refractivity contribution < 1.29 is 35.8 Å². The van der Waals surface area contributed by atoms with Crippen molar-refractivity contribution in [1.29, 1.82) is 0 Å². The molecule has 2 aromatic carbocycles. The molecule has 3 rings (SSSR count). The fourth-order valence-corrected chi connectivity index (χ4v) is 4.07. The third-order valence-electron chi connectivity index (χ3n) is 5.95. The van der Waals surface area contributed by atoms with Gasteiger partial charge in [-0.15, -0.1) is 0 Å². The zero-order valence-corrected chi connectivity index (χ0v) is 18.4. The largest absolute Gasteiger partial charge is 0.416 e. The van der Waals surface area contributed by atoms with Crippen LogP contribution in [0.4, 0.5) is 26.3 Å². The smallest absolute Gasteiger partial charge is 0.377 e. The highest BCUT2D eigenvalue weighted by atomic mass is 19.4. The minimum absolute atomic E-state index is 0.0297. The van der Waals surface area contributed by atoms with E-state index in [0.717, 1.165) is 12.0 Å². The van der Waals surface area contributed by atoms with E-state index in [1.54, 1.807) is 0 Å². The molecule has 3 atom stereocenters. The molecule has 1 heterocycles. The summed E-state index contributed by atoms with van der Waals surface area (Å²) in [6.45, 7) is 4.58. The Morgan fingerprint density at radius 3 is 2.09 bits per heavy atom. The Morgan fingerprint density at radius 1 is 1.00 bits per heavy atom. The van der Waals surface area contributed by atoms with Crippen LogP contribution in [-0.2, 0) is 27.4 Å². The molecule has 1 aliphatic heterocycles. The average molecular weight is 475 g/mol. The Morgan fingerprint density at radius 2 is 1.61 bits per heavy atom. The van der Waals surface area contributed by atoms with E-state index in [1.807, 2.05) is 37.3 Å². The second kappa shape index (κ2) is 10.0. The van der Waals surface area contributed by atoms with Gasteiger partial charge >= 0.3 is 12.4 Å². The number of piperidine rings is 1. The summed E-state index contributed by atoms with van der Waals surface area (Å²) in [6, 6.07) is 11.0. The van der Waals surface area contributed by atoms with E-state index < -0.39 is 35.1 Å². The quantitative estimate of drug-likeness (QED) is 0.465. The van der Waals surface area contributed by atoms with Crippen LogP contribution in [-0.4, -0.2) is 25.9 Å². The molecule has 1 saturated heterocycles. The molecule has 1 fully saturated rings. The lowest BCUT2D eigenvalue weighted by Gasteiger charge is -2.42. The van der Waals surface area contributed by atoms with E-state index in [4.69, 9.17) is 9.47 Å². The first-order valence-electron chi connectivity index (χ1n) is 10.8. The van der Waals surface area contributed by atoms with Crippen molar-refractivity contribution in [3.63, 3.8) is 0 Å². The molecule has 0 spiro atoms. The van der Waals surface area contributed by atoms with Crippen LogP contribution in [0.25, 0.3) is 0 Å². The summed E-state index contributed by atoms with van der Waals surface area (Å²) >= 11 is 0.